The van der Waals surface area contributed by atoms with E-state index in [0.29, 0.717) is 22.0 Å². The maximum atomic E-state index is 12.8. The number of benzene rings is 1. The summed E-state index contributed by atoms with van der Waals surface area (Å²) < 4.78 is 40.3. The normalized spacial score (nSPS) is 12.0. The number of halogens is 4. The zero-order valence-corrected chi connectivity index (χ0v) is 12.2. The van der Waals surface area contributed by atoms with Crippen LogP contribution in [0.2, 0.25) is 5.02 Å². The smallest absolute Gasteiger partial charge is 0.396 e. The molecule has 0 atom stereocenters. The molecule has 0 saturated carbocycles. The zero-order chi connectivity index (χ0) is 16.1. The first kappa shape index (κ1) is 14.7. The average molecular weight is 326 g/mol. The largest absolute Gasteiger partial charge is 0.417 e. The second-order valence-corrected chi connectivity index (χ2v) is 5.38. The fourth-order valence-electron chi connectivity index (χ4n) is 2.51. The van der Waals surface area contributed by atoms with Gasteiger partial charge in [0.1, 0.15) is 0 Å². The van der Waals surface area contributed by atoms with E-state index in [0.717, 1.165) is 23.2 Å². The standard InChI is InChI=1S/C15H11ClF3N3/c1-22-12-5-10(16)2-3-11(12)13(20)14(22)8-4-9(7-21-6-8)15(17,18)19/h2-7H,20H2,1H3. The molecule has 3 rings (SSSR count). The summed E-state index contributed by atoms with van der Waals surface area (Å²) in [5.41, 5.74) is 7.23. The van der Waals surface area contributed by atoms with Crippen molar-refractivity contribution < 1.29 is 13.2 Å². The Morgan fingerprint density at radius 3 is 2.59 bits per heavy atom. The van der Waals surface area contributed by atoms with Crippen LogP contribution < -0.4 is 5.73 Å². The number of hydrogen-bond donors (Lipinski definition) is 1. The molecule has 0 amide bonds. The van der Waals surface area contributed by atoms with Gasteiger partial charge in [0, 0.05) is 35.4 Å². The number of aryl methyl sites for hydroxylation is 1. The Balaban J connectivity index is 2.27. The van der Waals surface area contributed by atoms with E-state index in [9.17, 15) is 13.2 Å². The first-order valence-corrected chi connectivity index (χ1v) is 6.73. The highest BCUT2D eigenvalue weighted by Crippen LogP contribution is 2.38. The van der Waals surface area contributed by atoms with Crippen molar-refractivity contribution in [3.05, 3.63) is 47.2 Å². The van der Waals surface area contributed by atoms with E-state index in [4.69, 9.17) is 17.3 Å². The van der Waals surface area contributed by atoms with E-state index in [2.05, 4.69) is 4.98 Å². The van der Waals surface area contributed by atoms with Crippen LogP contribution in [0.4, 0.5) is 18.9 Å². The van der Waals surface area contributed by atoms with Crippen LogP contribution in [0, 0.1) is 0 Å². The number of fused-ring (bicyclic) bond motifs is 1. The van der Waals surface area contributed by atoms with Gasteiger partial charge in [0.15, 0.2) is 0 Å². The topological polar surface area (TPSA) is 43.8 Å². The van der Waals surface area contributed by atoms with E-state index in [1.807, 2.05) is 0 Å². The Morgan fingerprint density at radius 2 is 1.91 bits per heavy atom. The number of alkyl halides is 3. The van der Waals surface area contributed by atoms with Gasteiger partial charge in [-0.1, -0.05) is 11.6 Å². The molecular formula is C15H11ClF3N3. The van der Waals surface area contributed by atoms with Gasteiger partial charge in [0.05, 0.1) is 22.5 Å². The van der Waals surface area contributed by atoms with Crippen LogP contribution in [0.15, 0.2) is 36.7 Å². The summed E-state index contributed by atoms with van der Waals surface area (Å²) in [6.45, 7) is 0. The van der Waals surface area contributed by atoms with Crippen molar-refractivity contribution in [2.75, 3.05) is 5.73 Å². The van der Waals surface area contributed by atoms with Gasteiger partial charge in [-0.15, -0.1) is 0 Å². The minimum Gasteiger partial charge on any atom is -0.396 e. The van der Waals surface area contributed by atoms with Crippen LogP contribution in [-0.4, -0.2) is 9.55 Å². The number of rotatable bonds is 1. The van der Waals surface area contributed by atoms with Gasteiger partial charge in [0.2, 0.25) is 0 Å². The molecule has 3 aromatic rings. The van der Waals surface area contributed by atoms with Crippen molar-refractivity contribution in [3.8, 4) is 11.3 Å². The average Bonchev–Trinajstić information content (AvgIpc) is 2.69. The Labute approximate surface area is 129 Å². The molecule has 2 heterocycles. The second kappa shape index (κ2) is 4.91. The second-order valence-electron chi connectivity index (χ2n) is 4.94. The minimum absolute atomic E-state index is 0.308. The number of hydrogen-bond acceptors (Lipinski definition) is 2. The lowest BCUT2D eigenvalue weighted by atomic mass is 10.1. The van der Waals surface area contributed by atoms with Gasteiger partial charge in [-0.2, -0.15) is 13.2 Å². The number of nitrogen functional groups attached to an aromatic ring is 1. The Kier molecular flexibility index (Phi) is 3.29. The lowest BCUT2D eigenvalue weighted by molar-refractivity contribution is -0.137. The van der Waals surface area contributed by atoms with E-state index < -0.39 is 11.7 Å². The molecular weight excluding hydrogens is 315 g/mol. The van der Waals surface area contributed by atoms with Crippen molar-refractivity contribution in [2.24, 2.45) is 7.05 Å². The van der Waals surface area contributed by atoms with Crippen LogP contribution in [0.1, 0.15) is 5.56 Å². The summed E-state index contributed by atoms with van der Waals surface area (Å²) in [5.74, 6) is 0. The number of anilines is 1. The van der Waals surface area contributed by atoms with E-state index in [-0.39, 0.29) is 0 Å². The minimum atomic E-state index is -4.45. The Bertz CT molecular complexity index is 868. The van der Waals surface area contributed by atoms with Gasteiger partial charge in [-0.3, -0.25) is 4.98 Å². The Morgan fingerprint density at radius 1 is 1.18 bits per heavy atom. The number of nitrogens with zero attached hydrogens (tertiary/aromatic N) is 2. The first-order chi connectivity index (χ1) is 10.3. The van der Waals surface area contributed by atoms with Crippen molar-refractivity contribution in [1.82, 2.24) is 9.55 Å². The maximum absolute atomic E-state index is 12.8. The van der Waals surface area contributed by atoms with Gasteiger partial charge in [0.25, 0.3) is 0 Å². The summed E-state index contributed by atoms with van der Waals surface area (Å²) in [6.07, 6.45) is -2.30. The molecule has 0 spiro atoms. The molecule has 2 aromatic heterocycles. The summed E-state index contributed by atoms with van der Waals surface area (Å²) in [7, 11) is 1.73. The third-order valence-electron chi connectivity index (χ3n) is 3.54. The Hall–Kier alpha value is -2.21. The summed E-state index contributed by atoms with van der Waals surface area (Å²) in [5, 5.41) is 1.26. The lowest BCUT2D eigenvalue weighted by Gasteiger charge is -2.10. The molecule has 7 heteroatoms. The van der Waals surface area contributed by atoms with Crippen LogP contribution >= 0.6 is 11.6 Å². The van der Waals surface area contributed by atoms with Gasteiger partial charge < -0.3 is 10.3 Å². The molecule has 2 N–H and O–H groups in total. The SMILES string of the molecule is Cn1c(-c2cncc(C(F)(F)F)c2)c(N)c2ccc(Cl)cc21. The molecule has 0 aliphatic heterocycles. The zero-order valence-electron chi connectivity index (χ0n) is 11.4. The summed E-state index contributed by atoms with van der Waals surface area (Å²) in [4.78, 5) is 3.68. The molecule has 22 heavy (non-hydrogen) atoms. The van der Waals surface area contributed by atoms with E-state index in [1.165, 1.54) is 6.20 Å². The van der Waals surface area contributed by atoms with Crippen molar-refractivity contribution in [3.63, 3.8) is 0 Å². The monoisotopic (exact) mass is 325 g/mol. The van der Waals surface area contributed by atoms with Gasteiger partial charge in [-0.05, 0) is 24.3 Å². The van der Waals surface area contributed by atoms with Gasteiger partial charge >= 0.3 is 6.18 Å². The molecule has 0 aliphatic carbocycles. The number of nitrogens with two attached hydrogens (primary N) is 1. The highest BCUT2D eigenvalue weighted by molar-refractivity contribution is 6.31. The molecule has 0 aliphatic rings. The highest BCUT2D eigenvalue weighted by Gasteiger charge is 2.31. The summed E-state index contributed by atoms with van der Waals surface area (Å²) >= 11 is 5.97. The molecule has 1 aromatic carbocycles. The molecule has 0 radical (unpaired) electrons. The molecule has 0 bridgehead atoms. The fourth-order valence-corrected chi connectivity index (χ4v) is 2.68. The molecule has 0 saturated heterocycles. The van der Waals surface area contributed by atoms with Crippen molar-refractivity contribution >= 4 is 28.2 Å². The number of aromatic nitrogens is 2. The predicted molar refractivity (Wildman–Crippen MR) is 80.6 cm³/mol. The van der Waals surface area contributed by atoms with E-state index >= 15 is 0 Å². The number of pyridine rings is 1. The highest BCUT2D eigenvalue weighted by atomic mass is 35.5. The van der Waals surface area contributed by atoms with Crippen molar-refractivity contribution in [2.45, 2.75) is 6.18 Å². The molecule has 114 valence electrons. The molecule has 3 nitrogen and oxygen atoms in total. The van der Waals surface area contributed by atoms with Crippen LogP contribution in [0.25, 0.3) is 22.2 Å². The van der Waals surface area contributed by atoms with Crippen molar-refractivity contribution in [1.29, 1.82) is 0 Å². The third kappa shape index (κ3) is 2.29. The fraction of sp³-hybridized carbons (Fsp3) is 0.133. The van der Waals surface area contributed by atoms with E-state index in [1.54, 1.807) is 29.8 Å². The molecule has 0 unspecified atom stereocenters. The maximum Gasteiger partial charge on any atom is 0.417 e. The van der Waals surface area contributed by atoms with Gasteiger partial charge in [-0.25, -0.2) is 0 Å². The predicted octanol–water partition coefficient (Wildman–Crippen LogP) is 4.49. The molecule has 0 fully saturated rings. The first-order valence-electron chi connectivity index (χ1n) is 6.35. The quantitative estimate of drug-likeness (QED) is 0.716. The van der Waals surface area contributed by atoms with Crippen LogP contribution in [-0.2, 0) is 13.2 Å². The van der Waals surface area contributed by atoms with Crippen LogP contribution in [0.5, 0.6) is 0 Å². The lowest BCUT2D eigenvalue weighted by Crippen LogP contribution is -2.06. The van der Waals surface area contributed by atoms with Crippen LogP contribution in [0.3, 0.4) is 0 Å². The third-order valence-corrected chi connectivity index (χ3v) is 3.78. The summed E-state index contributed by atoms with van der Waals surface area (Å²) in [6, 6.07) is 6.20.